The summed E-state index contributed by atoms with van der Waals surface area (Å²) in [6, 6.07) is 1.50. The number of carboxylic acids is 1. The molecule has 1 atom stereocenters. The number of nitrogens with zero attached hydrogens (tertiary/aromatic N) is 2. The minimum atomic E-state index is -4.54. The van der Waals surface area contributed by atoms with Gasteiger partial charge in [-0.15, -0.1) is 10.2 Å². The summed E-state index contributed by atoms with van der Waals surface area (Å²) >= 11 is 0. The van der Waals surface area contributed by atoms with Crippen molar-refractivity contribution >= 4 is 11.8 Å². The number of rotatable bonds is 5. The van der Waals surface area contributed by atoms with Gasteiger partial charge in [0.15, 0.2) is 5.69 Å². The molecule has 0 bridgehead atoms. The highest BCUT2D eigenvalue weighted by Crippen LogP contribution is 2.27. The Kier molecular flexibility index (Phi) is 4.68. The largest absolute Gasteiger partial charge is 0.481 e. The topological polar surface area (TPSA) is 75.1 Å². The summed E-state index contributed by atoms with van der Waals surface area (Å²) in [5.74, 6) is -0.890. The lowest BCUT2D eigenvalue weighted by molar-refractivity contribution is -0.141. The van der Waals surface area contributed by atoms with Crippen molar-refractivity contribution in [3.63, 3.8) is 0 Å². The molecule has 0 radical (unpaired) electrons. The number of nitrogens with one attached hydrogen (secondary N) is 1. The highest BCUT2D eigenvalue weighted by molar-refractivity contribution is 5.68. The molecule has 19 heavy (non-hydrogen) atoms. The van der Waals surface area contributed by atoms with Crippen molar-refractivity contribution in [1.29, 1.82) is 0 Å². The van der Waals surface area contributed by atoms with E-state index in [4.69, 9.17) is 5.11 Å². The lowest BCUT2D eigenvalue weighted by Crippen LogP contribution is -2.29. The molecular weight excluding hydrogens is 263 g/mol. The molecule has 5 nitrogen and oxygen atoms in total. The van der Waals surface area contributed by atoms with Crippen molar-refractivity contribution in [3.8, 4) is 0 Å². The molecule has 2 N–H and O–H groups in total. The first-order chi connectivity index (χ1) is 8.70. The van der Waals surface area contributed by atoms with Crippen molar-refractivity contribution in [2.75, 3.05) is 5.32 Å². The maximum absolute atomic E-state index is 12.3. The maximum atomic E-state index is 12.3. The number of hydrogen-bond donors (Lipinski definition) is 2. The summed E-state index contributed by atoms with van der Waals surface area (Å²) < 4.78 is 36.8. The third-order valence-corrected chi connectivity index (χ3v) is 2.49. The molecule has 1 aromatic rings. The third kappa shape index (κ3) is 4.72. The first-order valence-corrected chi connectivity index (χ1v) is 5.59. The molecule has 1 unspecified atom stereocenters. The lowest BCUT2D eigenvalue weighted by Gasteiger charge is -2.20. The first kappa shape index (κ1) is 15.2. The monoisotopic (exact) mass is 277 g/mol. The van der Waals surface area contributed by atoms with E-state index < -0.39 is 23.9 Å². The van der Waals surface area contributed by atoms with E-state index in [-0.39, 0.29) is 18.2 Å². The van der Waals surface area contributed by atoms with E-state index in [1.807, 2.05) is 0 Å². The maximum Gasteiger partial charge on any atom is 0.435 e. The number of alkyl halides is 3. The summed E-state index contributed by atoms with van der Waals surface area (Å²) in [6.45, 7) is 3.61. The van der Waals surface area contributed by atoms with Crippen LogP contribution in [0.25, 0.3) is 0 Å². The zero-order valence-electron chi connectivity index (χ0n) is 10.4. The van der Waals surface area contributed by atoms with Gasteiger partial charge in [-0.3, -0.25) is 4.79 Å². The Morgan fingerprint density at radius 3 is 2.37 bits per heavy atom. The number of hydrogen-bond acceptors (Lipinski definition) is 4. The molecule has 0 saturated heterocycles. The van der Waals surface area contributed by atoms with Gasteiger partial charge in [-0.1, -0.05) is 13.8 Å². The highest BCUT2D eigenvalue weighted by atomic mass is 19.4. The number of aliphatic carboxylic acids is 1. The molecule has 0 spiro atoms. The third-order valence-electron chi connectivity index (χ3n) is 2.49. The molecule has 8 heteroatoms. The molecule has 0 aliphatic heterocycles. The van der Waals surface area contributed by atoms with Crippen LogP contribution in [0.15, 0.2) is 12.1 Å². The van der Waals surface area contributed by atoms with Gasteiger partial charge in [0.1, 0.15) is 5.82 Å². The molecule has 1 aromatic heterocycles. The van der Waals surface area contributed by atoms with Crippen LogP contribution in [-0.4, -0.2) is 27.3 Å². The van der Waals surface area contributed by atoms with Crippen molar-refractivity contribution in [3.05, 3.63) is 17.8 Å². The number of carbonyl (C=O) groups is 1. The average molecular weight is 277 g/mol. The Bertz CT molecular complexity index is 432. The van der Waals surface area contributed by atoms with Gasteiger partial charge in [-0.25, -0.2) is 0 Å². The highest BCUT2D eigenvalue weighted by Gasteiger charge is 2.33. The molecule has 0 fully saturated rings. The minimum Gasteiger partial charge on any atom is -0.481 e. The number of aromatic nitrogens is 2. The van der Waals surface area contributed by atoms with Crippen LogP contribution in [0.4, 0.5) is 19.0 Å². The molecule has 0 aliphatic carbocycles. The quantitative estimate of drug-likeness (QED) is 0.864. The van der Waals surface area contributed by atoms with E-state index in [1.165, 1.54) is 0 Å². The molecule has 0 aromatic carbocycles. The van der Waals surface area contributed by atoms with Crippen molar-refractivity contribution in [1.82, 2.24) is 10.2 Å². The fraction of sp³-hybridized carbons (Fsp3) is 0.545. The van der Waals surface area contributed by atoms with E-state index in [0.29, 0.717) is 0 Å². The van der Waals surface area contributed by atoms with E-state index in [1.54, 1.807) is 13.8 Å². The Balaban J connectivity index is 2.78. The normalized spacial score (nSPS) is 13.4. The standard InChI is InChI=1S/C11H14F3N3O2/c1-6(2)7(5-10(18)19)15-9-4-3-8(16-17-9)11(12,13)14/h3-4,6-7H,5H2,1-2H3,(H,15,17)(H,18,19). The second kappa shape index (κ2) is 5.85. The Morgan fingerprint density at radius 2 is 2.00 bits per heavy atom. The van der Waals surface area contributed by atoms with Crippen LogP contribution in [0.1, 0.15) is 26.0 Å². The second-order valence-electron chi connectivity index (χ2n) is 4.39. The van der Waals surface area contributed by atoms with Crippen molar-refractivity contribution in [2.45, 2.75) is 32.5 Å². The van der Waals surface area contributed by atoms with Crippen LogP contribution in [0.2, 0.25) is 0 Å². The van der Waals surface area contributed by atoms with Crippen LogP contribution < -0.4 is 5.32 Å². The summed E-state index contributed by atoms with van der Waals surface area (Å²) in [5.41, 5.74) is -1.09. The average Bonchev–Trinajstić information content (AvgIpc) is 2.27. The molecule has 1 rings (SSSR count). The summed E-state index contributed by atoms with van der Waals surface area (Å²) in [7, 11) is 0. The van der Waals surface area contributed by atoms with Gasteiger partial charge < -0.3 is 10.4 Å². The van der Waals surface area contributed by atoms with E-state index >= 15 is 0 Å². The SMILES string of the molecule is CC(C)C(CC(=O)O)Nc1ccc(C(F)(F)F)nn1. The summed E-state index contributed by atoms with van der Waals surface area (Å²) in [6.07, 6.45) is -4.69. The smallest absolute Gasteiger partial charge is 0.435 e. The van der Waals surface area contributed by atoms with Crippen LogP contribution in [0.3, 0.4) is 0 Å². The van der Waals surface area contributed by atoms with Gasteiger partial charge in [-0.05, 0) is 18.1 Å². The minimum absolute atomic E-state index is 0.0137. The number of halogens is 3. The predicted molar refractivity (Wildman–Crippen MR) is 61.5 cm³/mol. The Labute approximate surface area is 107 Å². The molecule has 106 valence electrons. The van der Waals surface area contributed by atoms with Crippen LogP contribution >= 0.6 is 0 Å². The molecule has 1 heterocycles. The summed E-state index contributed by atoms with van der Waals surface area (Å²) in [4.78, 5) is 10.7. The van der Waals surface area contributed by atoms with Crippen molar-refractivity contribution < 1.29 is 23.1 Å². The van der Waals surface area contributed by atoms with Gasteiger partial charge in [0.25, 0.3) is 0 Å². The first-order valence-electron chi connectivity index (χ1n) is 5.59. The predicted octanol–water partition coefficient (Wildman–Crippen LogP) is 2.41. The molecule has 0 amide bonds. The fourth-order valence-electron chi connectivity index (χ4n) is 1.39. The Hall–Kier alpha value is -1.86. The van der Waals surface area contributed by atoms with Gasteiger partial charge in [0.2, 0.25) is 0 Å². The second-order valence-corrected chi connectivity index (χ2v) is 4.39. The zero-order chi connectivity index (χ0) is 14.6. The molecule has 0 saturated carbocycles. The van der Waals surface area contributed by atoms with E-state index in [2.05, 4.69) is 15.5 Å². The number of anilines is 1. The fourth-order valence-corrected chi connectivity index (χ4v) is 1.39. The summed E-state index contributed by atoms with van der Waals surface area (Å²) in [5, 5.41) is 18.0. The Morgan fingerprint density at radius 1 is 1.37 bits per heavy atom. The van der Waals surface area contributed by atoms with Gasteiger partial charge >= 0.3 is 12.1 Å². The zero-order valence-corrected chi connectivity index (χ0v) is 10.4. The molecular formula is C11H14F3N3O2. The lowest BCUT2D eigenvalue weighted by atomic mass is 10.0. The van der Waals surface area contributed by atoms with Gasteiger partial charge in [0.05, 0.1) is 6.42 Å². The van der Waals surface area contributed by atoms with Crippen LogP contribution in [0, 0.1) is 5.92 Å². The van der Waals surface area contributed by atoms with E-state index in [9.17, 15) is 18.0 Å². The van der Waals surface area contributed by atoms with Crippen LogP contribution in [-0.2, 0) is 11.0 Å². The van der Waals surface area contributed by atoms with Crippen molar-refractivity contribution in [2.24, 2.45) is 5.92 Å². The van der Waals surface area contributed by atoms with E-state index in [0.717, 1.165) is 12.1 Å². The number of carboxylic acid groups (broad SMARTS) is 1. The van der Waals surface area contributed by atoms with Gasteiger partial charge in [-0.2, -0.15) is 13.2 Å². The van der Waals surface area contributed by atoms with Crippen LogP contribution in [0.5, 0.6) is 0 Å². The molecule has 0 aliphatic rings. The van der Waals surface area contributed by atoms with Gasteiger partial charge in [0, 0.05) is 6.04 Å².